The molecule has 0 spiro atoms. The van der Waals surface area contributed by atoms with E-state index in [0.29, 0.717) is 16.9 Å². The summed E-state index contributed by atoms with van der Waals surface area (Å²) in [5.74, 6) is 2.47. The quantitative estimate of drug-likeness (QED) is 0.773. The Bertz CT molecular complexity index is 770. The van der Waals surface area contributed by atoms with Gasteiger partial charge in [-0.05, 0) is 41.8 Å². The lowest BCUT2D eigenvalue weighted by Crippen LogP contribution is -2.46. The zero-order valence-corrected chi connectivity index (χ0v) is 16.0. The molecule has 1 aromatic heterocycles. The van der Waals surface area contributed by atoms with Crippen LogP contribution in [0.15, 0.2) is 28.7 Å². The van der Waals surface area contributed by atoms with Crippen molar-refractivity contribution in [3.63, 3.8) is 0 Å². The summed E-state index contributed by atoms with van der Waals surface area (Å²) in [7, 11) is 0. The second kappa shape index (κ2) is 7.00. The monoisotopic (exact) mass is 404 g/mol. The zero-order valence-electron chi connectivity index (χ0n) is 14.4. The minimum atomic E-state index is -0.148. The Morgan fingerprint density at radius 1 is 1.16 bits per heavy atom. The highest BCUT2D eigenvalue weighted by Gasteiger charge is 2.28. The van der Waals surface area contributed by atoms with Crippen LogP contribution in [0.3, 0.4) is 0 Å². The van der Waals surface area contributed by atoms with Crippen molar-refractivity contribution < 1.29 is 4.39 Å². The lowest BCUT2D eigenvalue weighted by molar-refractivity contribution is 0.246. The molecule has 2 aliphatic rings. The molecule has 1 aliphatic heterocycles. The predicted molar refractivity (Wildman–Crippen MR) is 100 cm³/mol. The number of aromatic nitrogens is 2. The van der Waals surface area contributed by atoms with Gasteiger partial charge in [-0.3, -0.25) is 4.90 Å². The third-order valence-corrected chi connectivity index (χ3v) is 5.53. The largest absolute Gasteiger partial charge is 0.354 e. The Morgan fingerprint density at radius 3 is 2.64 bits per heavy atom. The number of rotatable bonds is 4. The number of aryl methyl sites for hydroxylation is 1. The molecular weight excluding hydrogens is 383 g/mol. The van der Waals surface area contributed by atoms with Crippen LogP contribution >= 0.6 is 15.9 Å². The van der Waals surface area contributed by atoms with E-state index in [4.69, 9.17) is 4.98 Å². The molecule has 0 bridgehead atoms. The fourth-order valence-corrected chi connectivity index (χ4v) is 3.71. The van der Waals surface area contributed by atoms with Gasteiger partial charge in [-0.25, -0.2) is 14.4 Å². The minimum Gasteiger partial charge on any atom is -0.354 e. The van der Waals surface area contributed by atoms with Gasteiger partial charge in [0.1, 0.15) is 17.5 Å². The van der Waals surface area contributed by atoms with E-state index in [1.165, 1.54) is 12.8 Å². The first kappa shape index (κ1) is 16.9. The van der Waals surface area contributed by atoms with Gasteiger partial charge in [0.05, 0.1) is 4.47 Å². The van der Waals surface area contributed by atoms with Gasteiger partial charge in [-0.15, -0.1) is 0 Å². The van der Waals surface area contributed by atoms with E-state index in [-0.39, 0.29) is 5.82 Å². The molecule has 1 aromatic carbocycles. The van der Waals surface area contributed by atoms with Crippen molar-refractivity contribution in [3.8, 4) is 0 Å². The van der Waals surface area contributed by atoms with Crippen molar-refractivity contribution in [2.24, 2.45) is 0 Å². The summed E-state index contributed by atoms with van der Waals surface area (Å²) in [4.78, 5) is 14.0. The number of nitrogens with zero attached hydrogens (tertiary/aromatic N) is 4. The van der Waals surface area contributed by atoms with Crippen LogP contribution in [0.4, 0.5) is 10.2 Å². The summed E-state index contributed by atoms with van der Waals surface area (Å²) in [6, 6.07) is 7.57. The summed E-state index contributed by atoms with van der Waals surface area (Å²) in [6.45, 7) is 6.34. The van der Waals surface area contributed by atoms with Crippen molar-refractivity contribution >= 4 is 21.7 Å². The van der Waals surface area contributed by atoms with Gasteiger partial charge < -0.3 is 4.90 Å². The van der Waals surface area contributed by atoms with Crippen molar-refractivity contribution in [2.75, 3.05) is 31.1 Å². The summed E-state index contributed by atoms with van der Waals surface area (Å²) >= 11 is 3.27. The Morgan fingerprint density at radius 2 is 1.92 bits per heavy atom. The number of benzene rings is 1. The molecular formula is C19H22BrFN4. The first-order valence-electron chi connectivity index (χ1n) is 8.86. The highest BCUT2D eigenvalue weighted by molar-refractivity contribution is 9.10. The third kappa shape index (κ3) is 3.85. The molecule has 132 valence electrons. The van der Waals surface area contributed by atoms with E-state index in [0.717, 1.165) is 49.1 Å². The molecule has 4 rings (SSSR count). The molecule has 1 aliphatic carbocycles. The van der Waals surface area contributed by atoms with Gasteiger partial charge in [0.25, 0.3) is 0 Å². The minimum absolute atomic E-state index is 0.148. The standard InChI is InChI=1S/C19H22BrFN4/c1-13-11-17(23-19(22-13)14-5-6-14)25-9-7-24(8-10-25)12-15-3-2-4-16(20)18(15)21/h2-4,11,14H,5-10,12H2,1H3. The summed E-state index contributed by atoms with van der Waals surface area (Å²) in [5, 5.41) is 0. The molecule has 0 unspecified atom stereocenters. The molecule has 1 saturated heterocycles. The Balaban J connectivity index is 1.41. The maximum Gasteiger partial charge on any atom is 0.141 e. The van der Waals surface area contributed by atoms with E-state index in [1.54, 1.807) is 6.07 Å². The van der Waals surface area contributed by atoms with Gasteiger partial charge >= 0.3 is 0 Å². The SMILES string of the molecule is Cc1cc(N2CCN(Cc3cccc(Br)c3F)CC2)nc(C2CC2)n1. The predicted octanol–water partition coefficient (Wildman–Crippen LogP) is 3.89. The smallest absolute Gasteiger partial charge is 0.141 e. The van der Waals surface area contributed by atoms with Crippen LogP contribution in [0.25, 0.3) is 0 Å². The van der Waals surface area contributed by atoms with E-state index in [9.17, 15) is 4.39 Å². The van der Waals surface area contributed by atoms with Crippen LogP contribution in [-0.4, -0.2) is 41.0 Å². The second-order valence-electron chi connectivity index (χ2n) is 6.98. The van der Waals surface area contributed by atoms with E-state index in [1.807, 2.05) is 19.1 Å². The Hall–Kier alpha value is -1.53. The van der Waals surface area contributed by atoms with Gasteiger partial charge in [0.2, 0.25) is 0 Å². The molecule has 0 atom stereocenters. The molecule has 0 amide bonds. The fraction of sp³-hybridized carbons (Fsp3) is 0.474. The van der Waals surface area contributed by atoms with Gasteiger partial charge in [0.15, 0.2) is 0 Å². The van der Waals surface area contributed by atoms with E-state index >= 15 is 0 Å². The van der Waals surface area contributed by atoms with Gasteiger partial charge in [-0.2, -0.15) is 0 Å². The molecule has 2 fully saturated rings. The first-order valence-corrected chi connectivity index (χ1v) is 9.65. The molecule has 6 heteroatoms. The Kier molecular flexibility index (Phi) is 4.73. The molecule has 25 heavy (non-hydrogen) atoms. The summed E-state index contributed by atoms with van der Waals surface area (Å²) in [6.07, 6.45) is 2.43. The highest BCUT2D eigenvalue weighted by Crippen LogP contribution is 2.38. The average Bonchev–Trinajstić information content (AvgIpc) is 3.44. The third-order valence-electron chi connectivity index (χ3n) is 4.92. The zero-order chi connectivity index (χ0) is 17.4. The van der Waals surface area contributed by atoms with Crippen molar-refractivity contribution in [1.29, 1.82) is 0 Å². The van der Waals surface area contributed by atoms with Crippen molar-refractivity contribution in [3.05, 3.63) is 51.6 Å². The Labute approximate surface area is 156 Å². The van der Waals surface area contributed by atoms with Crippen LogP contribution in [0.5, 0.6) is 0 Å². The van der Waals surface area contributed by atoms with Gasteiger partial charge in [-0.1, -0.05) is 12.1 Å². The van der Waals surface area contributed by atoms with E-state index in [2.05, 4.69) is 36.8 Å². The maximum atomic E-state index is 14.2. The lowest BCUT2D eigenvalue weighted by atomic mass is 10.2. The van der Waals surface area contributed by atoms with Crippen LogP contribution < -0.4 is 4.90 Å². The number of piperazine rings is 1. The molecule has 0 N–H and O–H groups in total. The van der Waals surface area contributed by atoms with Gasteiger partial charge in [0, 0.05) is 56.0 Å². The molecule has 2 aromatic rings. The number of halogens is 2. The molecule has 1 saturated carbocycles. The highest BCUT2D eigenvalue weighted by atomic mass is 79.9. The first-order chi connectivity index (χ1) is 12.1. The molecule has 2 heterocycles. The topological polar surface area (TPSA) is 32.3 Å². The summed E-state index contributed by atoms with van der Waals surface area (Å²) in [5.41, 5.74) is 1.79. The van der Waals surface area contributed by atoms with Crippen LogP contribution in [-0.2, 0) is 6.54 Å². The lowest BCUT2D eigenvalue weighted by Gasteiger charge is -2.35. The number of hydrogen-bond acceptors (Lipinski definition) is 4. The fourth-order valence-electron chi connectivity index (χ4n) is 3.31. The van der Waals surface area contributed by atoms with Crippen molar-refractivity contribution in [1.82, 2.24) is 14.9 Å². The van der Waals surface area contributed by atoms with E-state index < -0.39 is 0 Å². The average molecular weight is 405 g/mol. The second-order valence-corrected chi connectivity index (χ2v) is 7.83. The van der Waals surface area contributed by atoms with Crippen LogP contribution in [0.1, 0.15) is 35.8 Å². The number of hydrogen-bond donors (Lipinski definition) is 0. The maximum absolute atomic E-state index is 14.2. The summed E-state index contributed by atoms with van der Waals surface area (Å²) < 4.78 is 14.7. The molecule has 4 nitrogen and oxygen atoms in total. The van der Waals surface area contributed by atoms with Crippen LogP contribution in [0.2, 0.25) is 0 Å². The van der Waals surface area contributed by atoms with Crippen molar-refractivity contribution in [2.45, 2.75) is 32.2 Å². The van der Waals surface area contributed by atoms with Crippen LogP contribution in [0, 0.1) is 12.7 Å². The normalized spacial score (nSPS) is 18.6. The molecule has 0 radical (unpaired) electrons. The number of anilines is 1.